The van der Waals surface area contributed by atoms with Crippen LogP contribution in [0, 0.1) is 11.8 Å². The Kier molecular flexibility index (Phi) is 0.876. The first-order valence-electron chi connectivity index (χ1n) is 4.24. The average Bonchev–Trinajstić information content (AvgIpc) is 2.39. The molecule has 3 nitrogen and oxygen atoms in total. The monoisotopic (exact) mass is 153 g/mol. The Labute approximate surface area is 65.1 Å². The fourth-order valence-electron chi connectivity index (χ4n) is 2.78. The Morgan fingerprint density at radius 3 is 3.27 bits per heavy atom. The van der Waals surface area contributed by atoms with Crippen molar-refractivity contribution in [3.63, 3.8) is 0 Å². The van der Waals surface area contributed by atoms with Crippen molar-refractivity contribution in [3.8, 4) is 0 Å². The minimum atomic E-state index is -0.0446. The van der Waals surface area contributed by atoms with E-state index in [1.807, 2.05) is 0 Å². The third-order valence-corrected chi connectivity index (χ3v) is 3.49. The smallest absolute Gasteiger partial charge is 0.226 e. The van der Waals surface area contributed by atoms with E-state index in [9.17, 15) is 4.79 Å². The van der Waals surface area contributed by atoms with Gasteiger partial charge < -0.3 is 10.1 Å². The van der Waals surface area contributed by atoms with Crippen LogP contribution in [-0.4, -0.2) is 24.7 Å². The van der Waals surface area contributed by atoms with Gasteiger partial charge in [0.2, 0.25) is 5.91 Å². The number of amides is 1. The molecular formula is C8H11NO2. The van der Waals surface area contributed by atoms with Crippen LogP contribution < -0.4 is 5.32 Å². The molecule has 0 aromatic carbocycles. The Hall–Kier alpha value is -0.570. The molecule has 2 aliphatic heterocycles. The van der Waals surface area contributed by atoms with Crippen molar-refractivity contribution >= 4 is 5.91 Å². The maximum absolute atomic E-state index is 11.2. The van der Waals surface area contributed by atoms with Crippen LogP contribution in [-0.2, 0) is 9.53 Å². The van der Waals surface area contributed by atoms with Crippen molar-refractivity contribution < 1.29 is 9.53 Å². The number of hydrogen-bond donors (Lipinski definition) is 1. The maximum atomic E-state index is 11.2. The van der Waals surface area contributed by atoms with Gasteiger partial charge in [-0.05, 0) is 18.8 Å². The molecule has 3 rings (SSSR count). The summed E-state index contributed by atoms with van der Waals surface area (Å²) in [5.74, 6) is 1.07. The third-order valence-electron chi connectivity index (χ3n) is 3.49. The van der Waals surface area contributed by atoms with Gasteiger partial charge in [0.1, 0.15) is 0 Å². The minimum absolute atomic E-state index is 0.0446. The highest BCUT2D eigenvalue weighted by molar-refractivity contribution is 5.84. The van der Waals surface area contributed by atoms with Gasteiger partial charge in [0.15, 0.2) is 0 Å². The van der Waals surface area contributed by atoms with Gasteiger partial charge in [0.25, 0.3) is 0 Å². The molecule has 1 N–H and O–H groups in total. The van der Waals surface area contributed by atoms with Gasteiger partial charge in [-0.25, -0.2) is 0 Å². The van der Waals surface area contributed by atoms with Crippen molar-refractivity contribution in [2.24, 2.45) is 11.8 Å². The van der Waals surface area contributed by atoms with Crippen LogP contribution in [0.3, 0.4) is 0 Å². The van der Waals surface area contributed by atoms with Gasteiger partial charge in [0.05, 0.1) is 11.5 Å². The molecule has 0 aromatic heterocycles. The highest BCUT2D eigenvalue weighted by Crippen LogP contribution is 2.54. The Bertz CT molecular complexity index is 228. The zero-order valence-corrected chi connectivity index (χ0v) is 6.30. The molecule has 11 heavy (non-hydrogen) atoms. The lowest BCUT2D eigenvalue weighted by Gasteiger charge is -2.44. The molecule has 1 unspecified atom stereocenters. The minimum Gasteiger partial charge on any atom is -0.372 e. The van der Waals surface area contributed by atoms with Crippen LogP contribution >= 0.6 is 0 Å². The summed E-state index contributed by atoms with van der Waals surface area (Å²) < 4.78 is 5.65. The second kappa shape index (κ2) is 1.61. The van der Waals surface area contributed by atoms with E-state index in [2.05, 4.69) is 5.32 Å². The summed E-state index contributed by atoms with van der Waals surface area (Å²) >= 11 is 0. The van der Waals surface area contributed by atoms with E-state index in [1.54, 1.807) is 0 Å². The largest absolute Gasteiger partial charge is 0.372 e. The van der Waals surface area contributed by atoms with E-state index in [0.717, 1.165) is 26.0 Å². The Balaban J connectivity index is 1.98. The summed E-state index contributed by atoms with van der Waals surface area (Å²) in [7, 11) is 0. The molecule has 1 saturated carbocycles. The van der Waals surface area contributed by atoms with Gasteiger partial charge in [-0.3, -0.25) is 4.79 Å². The van der Waals surface area contributed by atoms with E-state index in [1.165, 1.54) is 0 Å². The highest BCUT2D eigenvalue weighted by atomic mass is 16.5. The van der Waals surface area contributed by atoms with Crippen LogP contribution in [0.15, 0.2) is 0 Å². The zero-order chi connectivity index (χ0) is 7.47. The number of rotatable bonds is 0. The fraction of sp³-hybridized carbons (Fsp3) is 0.875. The molecule has 1 amide bonds. The van der Waals surface area contributed by atoms with Crippen LogP contribution in [0.5, 0.6) is 0 Å². The van der Waals surface area contributed by atoms with E-state index in [0.29, 0.717) is 5.92 Å². The van der Waals surface area contributed by atoms with Gasteiger partial charge in [-0.15, -0.1) is 0 Å². The topological polar surface area (TPSA) is 38.3 Å². The lowest BCUT2D eigenvalue weighted by atomic mass is 9.63. The summed E-state index contributed by atoms with van der Waals surface area (Å²) in [4.78, 5) is 11.2. The molecular weight excluding hydrogens is 142 g/mol. The first-order chi connectivity index (χ1) is 5.33. The summed E-state index contributed by atoms with van der Waals surface area (Å²) in [6.45, 7) is 1.62. The van der Waals surface area contributed by atoms with Crippen molar-refractivity contribution in [1.29, 1.82) is 0 Å². The van der Waals surface area contributed by atoms with Crippen LogP contribution in [0.4, 0.5) is 0 Å². The Morgan fingerprint density at radius 1 is 1.64 bits per heavy atom. The molecule has 3 aliphatic rings. The molecule has 2 saturated heterocycles. The van der Waals surface area contributed by atoms with Crippen LogP contribution in [0.2, 0.25) is 0 Å². The number of nitrogens with one attached hydrogen (secondary N) is 1. The molecule has 1 aliphatic carbocycles. The van der Waals surface area contributed by atoms with E-state index in [4.69, 9.17) is 4.74 Å². The second-order valence-corrected chi connectivity index (χ2v) is 3.80. The molecule has 0 bridgehead atoms. The summed E-state index contributed by atoms with van der Waals surface area (Å²) in [6, 6.07) is 0. The third kappa shape index (κ3) is 0.495. The molecule has 3 heteroatoms. The summed E-state index contributed by atoms with van der Waals surface area (Å²) in [6.07, 6.45) is 2.22. The molecule has 60 valence electrons. The predicted octanol–water partition coefficient (Wildman–Crippen LogP) is -0.0886. The number of carbonyl (C=O) groups is 1. The number of hydrogen-bond acceptors (Lipinski definition) is 2. The molecule has 0 aromatic rings. The summed E-state index contributed by atoms with van der Waals surface area (Å²) in [5, 5.41) is 2.88. The standard InChI is InChI=1S/C8H11NO2/c10-7-6-3-5-1-2-11-8(5,6)4-9-7/h5-6H,1-4H2,(H,9,10)/t5?,6-,8+/m0/s1. The van der Waals surface area contributed by atoms with Crippen molar-refractivity contribution in [2.75, 3.05) is 13.2 Å². The van der Waals surface area contributed by atoms with Crippen molar-refractivity contribution in [2.45, 2.75) is 18.4 Å². The van der Waals surface area contributed by atoms with Gasteiger partial charge in [0, 0.05) is 13.2 Å². The van der Waals surface area contributed by atoms with Gasteiger partial charge in [-0.1, -0.05) is 0 Å². The molecule has 1 spiro atoms. The van der Waals surface area contributed by atoms with Gasteiger partial charge >= 0.3 is 0 Å². The van der Waals surface area contributed by atoms with E-state index >= 15 is 0 Å². The predicted molar refractivity (Wildman–Crippen MR) is 37.9 cm³/mol. The highest BCUT2D eigenvalue weighted by Gasteiger charge is 2.64. The van der Waals surface area contributed by atoms with E-state index < -0.39 is 0 Å². The molecule has 0 radical (unpaired) electrons. The second-order valence-electron chi connectivity index (χ2n) is 3.80. The maximum Gasteiger partial charge on any atom is 0.226 e. The molecule has 3 fully saturated rings. The van der Waals surface area contributed by atoms with E-state index in [-0.39, 0.29) is 17.4 Å². The van der Waals surface area contributed by atoms with Crippen molar-refractivity contribution in [3.05, 3.63) is 0 Å². The lowest BCUT2D eigenvalue weighted by molar-refractivity contribution is -0.142. The van der Waals surface area contributed by atoms with Gasteiger partial charge in [-0.2, -0.15) is 0 Å². The van der Waals surface area contributed by atoms with Crippen LogP contribution in [0.1, 0.15) is 12.8 Å². The molecule has 3 atom stereocenters. The lowest BCUT2D eigenvalue weighted by Crippen LogP contribution is -2.53. The van der Waals surface area contributed by atoms with Crippen molar-refractivity contribution in [1.82, 2.24) is 5.32 Å². The van der Waals surface area contributed by atoms with Crippen LogP contribution in [0.25, 0.3) is 0 Å². The Morgan fingerprint density at radius 2 is 2.55 bits per heavy atom. The first kappa shape index (κ1) is 6.00. The zero-order valence-electron chi connectivity index (χ0n) is 6.30. The number of ether oxygens (including phenoxy) is 1. The summed E-state index contributed by atoms with van der Waals surface area (Å²) in [5.41, 5.74) is -0.0446. The SMILES string of the molecule is O=C1NC[C@@]23OCCC2C[C@@H]13. The fourth-order valence-corrected chi connectivity index (χ4v) is 2.78. The number of carbonyl (C=O) groups excluding carboxylic acids is 1. The molecule has 2 heterocycles. The normalized spacial score (nSPS) is 52.9. The quantitative estimate of drug-likeness (QED) is 0.528. The first-order valence-corrected chi connectivity index (χ1v) is 4.24. The average molecular weight is 153 g/mol.